The zero-order valence-electron chi connectivity index (χ0n) is 18.5. The predicted molar refractivity (Wildman–Crippen MR) is 125 cm³/mol. The Kier molecular flexibility index (Phi) is 14.4. The fourth-order valence-electron chi connectivity index (χ4n) is 2.93. The van der Waals surface area contributed by atoms with Gasteiger partial charge in [0.25, 0.3) is 0 Å². The second-order valence-electron chi connectivity index (χ2n) is 7.41. The second kappa shape index (κ2) is 15.6. The number of rotatable bonds is 17. The third-order valence-corrected chi connectivity index (χ3v) is 8.82. The molecule has 0 bridgehead atoms. The molecule has 0 aliphatic heterocycles. The summed E-state index contributed by atoms with van der Waals surface area (Å²) in [6, 6.07) is 9.73. The smallest absolute Gasteiger partial charge is 0.373 e. The van der Waals surface area contributed by atoms with E-state index in [1.165, 1.54) is 11.1 Å². The van der Waals surface area contributed by atoms with Crippen LogP contribution in [-0.4, -0.2) is 28.6 Å². The molecule has 1 aromatic carbocycles. The molecule has 1 rings (SSSR count). The van der Waals surface area contributed by atoms with E-state index in [0.717, 1.165) is 77.2 Å². The minimum Gasteiger partial charge on any atom is -0.373 e. The topological polar surface area (TPSA) is 27.7 Å². The van der Waals surface area contributed by atoms with Crippen LogP contribution in [0.5, 0.6) is 0 Å². The van der Waals surface area contributed by atoms with Crippen molar-refractivity contribution in [2.45, 2.75) is 89.9 Å². The Morgan fingerprint density at radius 2 is 1.39 bits per heavy atom. The highest BCUT2D eigenvalue weighted by atomic mass is 79.9. The van der Waals surface area contributed by atoms with Crippen molar-refractivity contribution in [3.63, 3.8) is 0 Å². The largest absolute Gasteiger partial charge is 0.501 e. The summed E-state index contributed by atoms with van der Waals surface area (Å²) < 4.78 is 19.1. The van der Waals surface area contributed by atoms with Gasteiger partial charge in [-0.05, 0) is 43.2 Å². The summed E-state index contributed by atoms with van der Waals surface area (Å²) in [5, 5.41) is 0. The monoisotopic (exact) mass is 472 g/mol. The molecule has 28 heavy (non-hydrogen) atoms. The number of halogens is 1. The number of hydrogen-bond acceptors (Lipinski definition) is 3. The van der Waals surface area contributed by atoms with Crippen LogP contribution in [0, 0.1) is 0 Å². The van der Waals surface area contributed by atoms with Crippen molar-refractivity contribution < 1.29 is 13.3 Å². The summed E-state index contributed by atoms with van der Waals surface area (Å²) in [5.41, 5.74) is 2.68. The third kappa shape index (κ3) is 10.0. The van der Waals surface area contributed by atoms with Crippen molar-refractivity contribution in [2.24, 2.45) is 0 Å². The molecular formula is C23H41BrO3Si. The Hall–Kier alpha value is -0.203. The molecule has 162 valence electrons. The van der Waals surface area contributed by atoms with Crippen LogP contribution >= 0.6 is 15.9 Å². The van der Waals surface area contributed by atoms with Crippen molar-refractivity contribution in [2.75, 3.05) is 19.8 Å². The molecule has 0 aliphatic carbocycles. The van der Waals surface area contributed by atoms with E-state index >= 15 is 0 Å². The molecule has 0 saturated carbocycles. The summed E-state index contributed by atoms with van der Waals surface area (Å²) in [6.07, 6.45) is 8.57. The van der Waals surface area contributed by atoms with E-state index in [2.05, 4.69) is 67.9 Å². The average Bonchev–Trinajstić information content (AvgIpc) is 2.72. The summed E-state index contributed by atoms with van der Waals surface area (Å²) in [5.74, 6) is 0. The average molecular weight is 474 g/mol. The zero-order chi connectivity index (χ0) is 20.7. The van der Waals surface area contributed by atoms with Gasteiger partial charge >= 0.3 is 8.80 Å². The molecule has 0 aliphatic rings. The molecule has 3 nitrogen and oxygen atoms in total. The molecule has 0 fully saturated rings. The molecule has 0 heterocycles. The molecule has 0 spiro atoms. The normalized spacial score (nSPS) is 13.0. The van der Waals surface area contributed by atoms with E-state index in [4.69, 9.17) is 13.3 Å². The van der Waals surface area contributed by atoms with E-state index < -0.39 is 8.80 Å². The van der Waals surface area contributed by atoms with Crippen LogP contribution in [-0.2, 0) is 19.7 Å². The van der Waals surface area contributed by atoms with Gasteiger partial charge in [-0.2, -0.15) is 0 Å². The van der Waals surface area contributed by atoms with Gasteiger partial charge in [-0.3, -0.25) is 0 Å². The van der Waals surface area contributed by atoms with Crippen LogP contribution in [0.1, 0.15) is 88.6 Å². The first kappa shape index (κ1) is 25.8. The Morgan fingerprint density at radius 1 is 0.857 bits per heavy atom. The lowest BCUT2D eigenvalue weighted by molar-refractivity contribution is 0.0564. The van der Waals surface area contributed by atoms with Gasteiger partial charge in [0, 0.05) is 30.7 Å². The third-order valence-electron chi connectivity index (χ3n) is 4.85. The molecule has 1 unspecified atom stereocenters. The van der Waals surface area contributed by atoms with Crippen LogP contribution in [0.2, 0.25) is 6.04 Å². The first-order valence-corrected chi connectivity index (χ1v) is 14.1. The predicted octanol–water partition coefficient (Wildman–Crippen LogP) is 7.46. The number of unbranched alkanes of at least 4 members (excludes halogenated alkanes) is 3. The second-order valence-corrected chi connectivity index (χ2v) is 11.2. The Bertz CT molecular complexity index is 486. The molecule has 0 aromatic heterocycles. The standard InChI is InChI=1S/C23H41BrO3Si/c1-5-9-16-25-28(26-17-10-6-2,27-18-11-7-3)19-15-21-13-12-14-22(20-21)23(24)8-4/h12-14,20,23H,5-11,15-19H2,1-4H3. The zero-order valence-corrected chi connectivity index (χ0v) is 21.1. The van der Waals surface area contributed by atoms with E-state index in [0.29, 0.717) is 4.83 Å². The maximum atomic E-state index is 6.37. The van der Waals surface area contributed by atoms with E-state index in [1.54, 1.807) is 0 Å². The lowest BCUT2D eigenvalue weighted by Gasteiger charge is -2.30. The van der Waals surface area contributed by atoms with Gasteiger partial charge in [-0.25, -0.2) is 0 Å². The van der Waals surface area contributed by atoms with E-state index in [-0.39, 0.29) is 0 Å². The first-order chi connectivity index (χ1) is 13.6. The molecule has 0 amide bonds. The summed E-state index contributed by atoms with van der Waals surface area (Å²) in [6.45, 7) is 11.0. The van der Waals surface area contributed by atoms with E-state index in [1.807, 2.05) is 0 Å². The minimum absolute atomic E-state index is 0.414. The van der Waals surface area contributed by atoms with Crippen molar-refractivity contribution in [1.82, 2.24) is 0 Å². The lowest BCUT2D eigenvalue weighted by atomic mass is 10.1. The van der Waals surface area contributed by atoms with Gasteiger partial charge in [-0.1, -0.05) is 87.2 Å². The lowest BCUT2D eigenvalue weighted by Crippen LogP contribution is -2.47. The number of aryl methyl sites for hydroxylation is 1. The molecular weight excluding hydrogens is 432 g/mol. The number of benzene rings is 1. The van der Waals surface area contributed by atoms with Crippen molar-refractivity contribution >= 4 is 24.7 Å². The first-order valence-electron chi connectivity index (χ1n) is 11.3. The maximum absolute atomic E-state index is 6.37. The van der Waals surface area contributed by atoms with Gasteiger partial charge in [0.05, 0.1) is 0 Å². The van der Waals surface area contributed by atoms with Gasteiger partial charge < -0.3 is 13.3 Å². The molecule has 1 atom stereocenters. The molecule has 0 N–H and O–H groups in total. The fourth-order valence-corrected chi connectivity index (χ4v) is 5.86. The van der Waals surface area contributed by atoms with E-state index in [9.17, 15) is 0 Å². The van der Waals surface area contributed by atoms with Crippen LogP contribution in [0.15, 0.2) is 24.3 Å². The highest BCUT2D eigenvalue weighted by Crippen LogP contribution is 2.28. The van der Waals surface area contributed by atoms with Crippen molar-refractivity contribution in [3.8, 4) is 0 Å². The van der Waals surface area contributed by atoms with Crippen molar-refractivity contribution in [3.05, 3.63) is 35.4 Å². The summed E-state index contributed by atoms with van der Waals surface area (Å²) >= 11 is 3.77. The SMILES string of the molecule is CCCCO[Si](CCc1cccc(C(Br)CC)c1)(OCCCC)OCCCC. The maximum Gasteiger partial charge on any atom is 0.501 e. The highest BCUT2D eigenvalue weighted by Gasteiger charge is 2.40. The van der Waals surface area contributed by atoms with Crippen LogP contribution < -0.4 is 0 Å². The molecule has 5 heteroatoms. The highest BCUT2D eigenvalue weighted by molar-refractivity contribution is 9.09. The van der Waals surface area contributed by atoms with Crippen LogP contribution in [0.4, 0.5) is 0 Å². The number of hydrogen-bond donors (Lipinski definition) is 0. The van der Waals surface area contributed by atoms with Gasteiger partial charge in [-0.15, -0.1) is 0 Å². The fraction of sp³-hybridized carbons (Fsp3) is 0.739. The Balaban J connectivity index is 2.87. The Morgan fingerprint density at radius 3 is 1.86 bits per heavy atom. The summed E-state index contributed by atoms with van der Waals surface area (Å²) in [4.78, 5) is 0.414. The molecule has 1 aromatic rings. The molecule has 0 radical (unpaired) electrons. The number of alkyl halides is 1. The van der Waals surface area contributed by atoms with Gasteiger partial charge in [0.1, 0.15) is 0 Å². The summed E-state index contributed by atoms with van der Waals surface area (Å²) in [7, 11) is -2.65. The quantitative estimate of drug-likeness (QED) is 0.133. The van der Waals surface area contributed by atoms with Gasteiger partial charge in [0.2, 0.25) is 0 Å². The van der Waals surface area contributed by atoms with Crippen molar-refractivity contribution in [1.29, 1.82) is 0 Å². The van der Waals surface area contributed by atoms with Crippen LogP contribution in [0.3, 0.4) is 0 Å². The van der Waals surface area contributed by atoms with Gasteiger partial charge in [0.15, 0.2) is 0 Å². The molecule has 0 saturated heterocycles. The van der Waals surface area contributed by atoms with Crippen LogP contribution in [0.25, 0.3) is 0 Å². The minimum atomic E-state index is -2.65. The Labute approximate surface area is 183 Å².